The zero-order valence-electron chi connectivity index (χ0n) is 11.5. The number of para-hydroxylation sites is 1. The first-order valence-electron chi connectivity index (χ1n) is 7.58. The van der Waals surface area contributed by atoms with Gasteiger partial charge in [-0.15, -0.1) is 0 Å². The van der Waals surface area contributed by atoms with Crippen molar-refractivity contribution in [3.63, 3.8) is 0 Å². The van der Waals surface area contributed by atoms with E-state index in [1.54, 1.807) is 0 Å². The Morgan fingerprint density at radius 1 is 1.15 bits per heavy atom. The largest absolute Gasteiger partial charge is 0.491 e. The lowest BCUT2D eigenvalue weighted by Gasteiger charge is -2.25. The molecule has 2 saturated carbocycles. The third-order valence-electron chi connectivity index (χ3n) is 5.06. The van der Waals surface area contributed by atoms with Crippen LogP contribution in [0.5, 0.6) is 5.75 Å². The van der Waals surface area contributed by atoms with Crippen LogP contribution in [0.25, 0.3) is 0 Å². The number of thiocarbonyl (C=S) groups is 1. The Morgan fingerprint density at radius 2 is 2.05 bits per heavy atom. The molecular weight excluding hydrogens is 268 g/mol. The fraction of sp³-hybridized carbons (Fsp3) is 0.562. The van der Waals surface area contributed by atoms with Gasteiger partial charge < -0.3 is 15.4 Å². The van der Waals surface area contributed by atoms with Crippen molar-refractivity contribution in [2.45, 2.75) is 37.8 Å². The number of benzene rings is 1. The predicted molar refractivity (Wildman–Crippen MR) is 82.8 cm³/mol. The van der Waals surface area contributed by atoms with Crippen molar-refractivity contribution < 1.29 is 4.74 Å². The molecule has 1 aromatic rings. The average Bonchev–Trinajstić information content (AvgIpc) is 3.14. The maximum atomic E-state index is 5.68. The summed E-state index contributed by atoms with van der Waals surface area (Å²) in [5, 5.41) is 7.73. The molecule has 2 bridgehead atoms. The van der Waals surface area contributed by atoms with Crippen LogP contribution in [0.4, 0.5) is 0 Å². The Kier molecular flexibility index (Phi) is 3.06. The van der Waals surface area contributed by atoms with Gasteiger partial charge in [0.05, 0.1) is 6.04 Å². The molecule has 2 N–H and O–H groups in total. The minimum absolute atomic E-state index is 0.185. The monoisotopic (exact) mass is 288 g/mol. The van der Waals surface area contributed by atoms with Gasteiger partial charge in [-0.05, 0) is 49.4 Å². The fourth-order valence-corrected chi connectivity index (χ4v) is 4.37. The minimum Gasteiger partial charge on any atom is -0.491 e. The second-order valence-corrected chi connectivity index (χ2v) is 6.71. The average molecular weight is 288 g/mol. The Bertz CT molecular complexity index is 533. The van der Waals surface area contributed by atoms with E-state index < -0.39 is 0 Å². The summed E-state index contributed by atoms with van der Waals surface area (Å²) in [4.78, 5) is 0. The lowest BCUT2D eigenvalue weighted by molar-refractivity contribution is 0.322. The molecule has 1 aromatic carbocycles. The van der Waals surface area contributed by atoms with Gasteiger partial charge in [0.15, 0.2) is 5.11 Å². The maximum Gasteiger partial charge on any atom is 0.167 e. The van der Waals surface area contributed by atoms with E-state index in [4.69, 9.17) is 17.0 Å². The van der Waals surface area contributed by atoms with Crippen molar-refractivity contribution in [2.24, 2.45) is 11.8 Å². The highest BCUT2D eigenvalue weighted by Gasteiger charge is 2.39. The summed E-state index contributed by atoms with van der Waals surface area (Å²) in [6, 6.07) is 8.96. The third kappa shape index (κ3) is 2.16. The molecule has 2 fully saturated rings. The molecule has 0 aromatic heterocycles. The molecule has 0 radical (unpaired) electrons. The second-order valence-electron chi connectivity index (χ2n) is 6.30. The number of ether oxygens (including phenoxy) is 1. The van der Waals surface area contributed by atoms with Gasteiger partial charge >= 0.3 is 0 Å². The molecule has 3 nitrogen and oxygen atoms in total. The van der Waals surface area contributed by atoms with Gasteiger partial charge in [-0.3, -0.25) is 0 Å². The molecule has 2 aliphatic carbocycles. The van der Waals surface area contributed by atoms with Crippen LogP contribution in [-0.2, 0) is 0 Å². The molecule has 0 saturated heterocycles. The molecule has 20 heavy (non-hydrogen) atoms. The van der Waals surface area contributed by atoms with Gasteiger partial charge in [0.25, 0.3) is 0 Å². The van der Waals surface area contributed by atoms with E-state index in [9.17, 15) is 0 Å². The first-order chi connectivity index (χ1) is 9.79. The van der Waals surface area contributed by atoms with Gasteiger partial charge in [0.2, 0.25) is 0 Å². The quantitative estimate of drug-likeness (QED) is 0.820. The highest BCUT2D eigenvalue weighted by Crippen LogP contribution is 2.44. The molecule has 1 aliphatic heterocycles. The number of nitrogens with one attached hydrogen (secondary N) is 2. The summed E-state index contributed by atoms with van der Waals surface area (Å²) in [5.41, 5.74) is 1.21. The van der Waals surface area contributed by atoms with E-state index in [0.29, 0.717) is 12.6 Å². The van der Waals surface area contributed by atoms with Gasteiger partial charge in [-0.25, -0.2) is 0 Å². The molecule has 3 aliphatic rings. The Hall–Kier alpha value is -1.29. The molecule has 1 heterocycles. The van der Waals surface area contributed by atoms with Crippen LogP contribution < -0.4 is 15.4 Å². The summed E-state index contributed by atoms with van der Waals surface area (Å²) in [5.74, 6) is 2.76. The lowest BCUT2D eigenvalue weighted by atomic mass is 9.95. The van der Waals surface area contributed by atoms with Gasteiger partial charge in [-0.2, -0.15) is 0 Å². The van der Waals surface area contributed by atoms with E-state index >= 15 is 0 Å². The lowest BCUT2D eigenvalue weighted by Crippen LogP contribution is -2.45. The van der Waals surface area contributed by atoms with Crippen LogP contribution in [-0.4, -0.2) is 17.8 Å². The van der Waals surface area contributed by atoms with Crippen LogP contribution in [0.3, 0.4) is 0 Å². The molecule has 4 atom stereocenters. The maximum absolute atomic E-state index is 5.68. The molecule has 0 spiro atoms. The first kappa shape index (κ1) is 12.5. The van der Waals surface area contributed by atoms with E-state index in [1.807, 2.05) is 12.1 Å². The SMILES string of the molecule is S=C(N[C@@H]1COc2ccccc21)N[C@@H]1C[C@H]2CC[C@H]1C2. The Morgan fingerprint density at radius 3 is 2.85 bits per heavy atom. The summed E-state index contributed by atoms with van der Waals surface area (Å²) < 4.78 is 5.68. The number of fused-ring (bicyclic) bond motifs is 3. The first-order valence-corrected chi connectivity index (χ1v) is 7.99. The molecule has 106 valence electrons. The zero-order chi connectivity index (χ0) is 13.5. The van der Waals surface area contributed by atoms with Crippen LogP contribution in [0.15, 0.2) is 24.3 Å². The molecule has 0 unspecified atom stereocenters. The minimum atomic E-state index is 0.185. The summed E-state index contributed by atoms with van der Waals surface area (Å²) in [7, 11) is 0. The van der Waals surface area contributed by atoms with E-state index in [0.717, 1.165) is 22.7 Å². The molecule has 0 amide bonds. The van der Waals surface area contributed by atoms with Crippen molar-refractivity contribution in [3.8, 4) is 5.75 Å². The van der Waals surface area contributed by atoms with E-state index in [2.05, 4.69) is 22.8 Å². The summed E-state index contributed by atoms with van der Waals surface area (Å²) in [6.45, 7) is 0.665. The number of rotatable bonds is 2. The van der Waals surface area contributed by atoms with Crippen LogP contribution in [0, 0.1) is 11.8 Å². The highest BCUT2D eigenvalue weighted by atomic mass is 32.1. The summed E-state index contributed by atoms with van der Waals surface area (Å²) in [6.07, 6.45) is 5.49. The van der Waals surface area contributed by atoms with E-state index in [1.165, 1.54) is 31.2 Å². The Labute approximate surface area is 125 Å². The highest BCUT2D eigenvalue weighted by molar-refractivity contribution is 7.80. The topological polar surface area (TPSA) is 33.3 Å². The molecule has 4 heteroatoms. The second kappa shape index (κ2) is 4.92. The van der Waals surface area contributed by atoms with Crippen LogP contribution in [0.1, 0.15) is 37.3 Å². The fourth-order valence-electron chi connectivity index (χ4n) is 4.07. The normalized spacial score (nSPS) is 33.6. The molecule has 4 rings (SSSR count). The van der Waals surface area contributed by atoms with Crippen molar-refractivity contribution in [1.29, 1.82) is 0 Å². The van der Waals surface area contributed by atoms with Crippen molar-refractivity contribution in [2.75, 3.05) is 6.61 Å². The van der Waals surface area contributed by atoms with Gasteiger partial charge in [-0.1, -0.05) is 24.6 Å². The number of hydrogen-bond donors (Lipinski definition) is 2. The van der Waals surface area contributed by atoms with Crippen molar-refractivity contribution >= 4 is 17.3 Å². The van der Waals surface area contributed by atoms with E-state index in [-0.39, 0.29) is 6.04 Å². The van der Waals surface area contributed by atoms with Crippen molar-refractivity contribution in [3.05, 3.63) is 29.8 Å². The zero-order valence-corrected chi connectivity index (χ0v) is 12.3. The predicted octanol–water partition coefficient (Wildman–Crippen LogP) is 2.77. The third-order valence-corrected chi connectivity index (χ3v) is 5.30. The Balaban J connectivity index is 1.37. The van der Waals surface area contributed by atoms with Gasteiger partial charge in [0.1, 0.15) is 12.4 Å². The van der Waals surface area contributed by atoms with Crippen LogP contribution >= 0.6 is 12.2 Å². The van der Waals surface area contributed by atoms with Crippen molar-refractivity contribution in [1.82, 2.24) is 10.6 Å². The standard InChI is InChI=1S/C16H20N2OS/c20-16(17-13-8-10-5-6-11(13)7-10)18-14-9-19-15-4-2-1-3-12(14)15/h1-4,10-11,13-14H,5-9H2,(H2,17,18,20)/t10-,11-,13+,14+/m0/s1. The number of hydrogen-bond acceptors (Lipinski definition) is 2. The van der Waals surface area contributed by atoms with Crippen LogP contribution in [0.2, 0.25) is 0 Å². The molecular formula is C16H20N2OS. The summed E-state index contributed by atoms with van der Waals surface area (Å²) >= 11 is 5.49. The smallest absolute Gasteiger partial charge is 0.167 e. The van der Waals surface area contributed by atoms with Gasteiger partial charge in [0, 0.05) is 11.6 Å².